The third-order valence-corrected chi connectivity index (χ3v) is 7.79. The molecule has 3 amide bonds. The number of fused-ring (bicyclic) bond motifs is 7. The Bertz CT molecular complexity index is 1260. The first-order valence-electron chi connectivity index (χ1n) is 11.2. The average Bonchev–Trinajstić information content (AvgIpc) is 3.51. The molecule has 9 nitrogen and oxygen atoms in total. The molecule has 3 fully saturated rings. The Morgan fingerprint density at radius 2 is 1.94 bits per heavy atom. The second-order valence-corrected chi connectivity index (χ2v) is 9.11. The van der Waals surface area contributed by atoms with Crippen molar-refractivity contribution in [3.05, 3.63) is 63.7 Å². The number of hydrogen-bond donors (Lipinski definition) is 1. The molecule has 1 N–H and O–H groups in total. The highest BCUT2D eigenvalue weighted by Crippen LogP contribution is 2.61. The predicted octanol–water partition coefficient (Wildman–Crippen LogP) is 2.59. The van der Waals surface area contributed by atoms with Gasteiger partial charge in [-0.15, -0.1) is 0 Å². The first kappa shape index (κ1) is 20.0. The number of nitro groups is 1. The summed E-state index contributed by atoms with van der Waals surface area (Å²) in [5, 5.41) is 14.3. The van der Waals surface area contributed by atoms with Crippen molar-refractivity contribution in [2.24, 2.45) is 11.8 Å². The van der Waals surface area contributed by atoms with Gasteiger partial charge in [0, 0.05) is 29.4 Å². The number of anilines is 2. The van der Waals surface area contributed by atoms with Crippen LogP contribution in [-0.4, -0.2) is 40.1 Å². The number of aryl methyl sites for hydroxylation is 1. The van der Waals surface area contributed by atoms with Crippen molar-refractivity contribution < 1.29 is 19.3 Å². The summed E-state index contributed by atoms with van der Waals surface area (Å²) < 4.78 is 0. The molecule has 0 bridgehead atoms. The molecule has 0 unspecified atom stereocenters. The van der Waals surface area contributed by atoms with E-state index in [-0.39, 0.29) is 29.2 Å². The summed E-state index contributed by atoms with van der Waals surface area (Å²) >= 11 is 0. The van der Waals surface area contributed by atoms with E-state index in [2.05, 4.69) is 10.2 Å². The fourth-order valence-corrected chi connectivity index (χ4v) is 6.59. The molecule has 168 valence electrons. The molecule has 6 rings (SSSR count). The molecule has 0 radical (unpaired) electrons. The molecule has 0 saturated carbocycles. The van der Waals surface area contributed by atoms with Gasteiger partial charge in [0.25, 0.3) is 5.69 Å². The molecule has 3 saturated heterocycles. The van der Waals surface area contributed by atoms with E-state index in [0.717, 1.165) is 41.0 Å². The number of nitrogens with zero attached hydrogens (tertiary/aromatic N) is 3. The SMILES string of the molecule is CCc1cccc2c1NC(=O)[C@@]21[C@H]2C(=O)N(c3cccc([N+](=O)[O-])c3)C(=O)[C@@H]2[C@H]2CCCN21. The first-order valence-corrected chi connectivity index (χ1v) is 11.2. The number of carbonyl (C=O) groups excluding carboxylic acids is 3. The van der Waals surface area contributed by atoms with E-state index in [1.807, 2.05) is 25.1 Å². The van der Waals surface area contributed by atoms with Crippen LogP contribution in [-0.2, 0) is 26.3 Å². The van der Waals surface area contributed by atoms with Crippen LogP contribution in [0, 0.1) is 22.0 Å². The highest BCUT2D eigenvalue weighted by atomic mass is 16.6. The predicted molar refractivity (Wildman–Crippen MR) is 118 cm³/mol. The van der Waals surface area contributed by atoms with Gasteiger partial charge in [-0.25, -0.2) is 4.90 Å². The van der Waals surface area contributed by atoms with Crippen LogP contribution in [0.5, 0.6) is 0 Å². The number of amides is 3. The van der Waals surface area contributed by atoms with E-state index in [0.29, 0.717) is 6.54 Å². The van der Waals surface area contributed by atoms with Crippen molar-refractivity contribution >= 4 is 34.8 Å². The molecule has 4 aliphatic rings. The highest BCUT2D eigenvalue weighted by Gasteiger charge is 2.74. The van der Waals surface area contributed by atoms with Gasteiger partial charge >= 0.3 is 0 Å². The molecular formula is C24H22N4O5. The number of benzene rings is 2. The van der Waals surface area contributed by atoms with Gasteiger partial charge in [0.1, 0.15) is 5.54 Å². The third-order valence-electron chi connectivity index (χ3n) is 7.79. The molecule has 2 aromatic rings. The van der Waals surface area contributed by atoms with Crippen LogP contribution in [0.3, 0.4) is 0 Å². The van der Waals surface area contributed by atoms with Crippen molar-refractivity contribution in [2.45, 2.75) is 37.8 Å². The van der Waals surface area contributed by atoms with Gasteiger partial charge < -0.3 is 5.32 Å². The molecule has 4 aliphatic heterocycles. The molecule has 4 heterocycles. The molecule has 9 heteroatoms. The maximum Gasteiger partial charge on any atom is 0.271 e. The van der Waals surface area contributed by atoms with Crippen LogP contribution >= 0.6 is 0 Å². The molecule has 0 aromatic heterocycles. The minimum absolute atomic E-state index is 0.175. The Hall–Kier alpha value is -3.59. The summed E-state index contributed by atoms with van der Waals surface area (Å²) in [6.07, 6.45) is 2.29. The topological polar surface area (TPSA) is 113 Å². The van der Waals surface area contributed by atoms with Gasteiger partial charge in [-0.3, -0.25) is 29.4 Å². The fraction of sp³-hybridized carbons (Fsp3) is 0.375. The Morgan fingerprint density at radius 3 is 2.70 bits per heavy atom. The number of hydrogen-bond acceptors (Lipinski definition) is 6. The quantitative estimate of drug-likeness (QED) is 0.441. The van der Waals surface area contributed by atoms with E-state index < -0.39 is 28.2 Å². The largest absolute Gasteiger partial charge is 0.324 e. The molecule has 4 atom stereocenters. The third kappa shape index (κ3) is 2.32. The number of para-hydroxylation sites is 1. The lowest BCUT2D eigenvalue weighted by molar-refractivity contribution is -0.384. The zero-order valence-electron chi connectivity index (χ0n) is 18.0. The van der Waals surface area contributed by atoms with Crippen LogP contribution in [0.4, 0.5) is 17.1 Å². The molecule has 33 heavy (non-hydrogen) atoms. The van der Waals surface area contributed by atoms with E-state index in [1.165, 1.54) is 24.3 Å². The summed E-state index contributed by atoms with van der Waals surface area (Å²) in [4.78, 5) is 55.2. The normalized spacial score (nSPS) is 30.0. The van der Waals surface area contributed by atoms with Crippen LogP contribution in [0.1, 0.15) is 30.9 Å². The summed E-state index contributed by atoms with van der Waals surface area (Å²) in [5.74, 6) is -2.65. The molecular weight excluding hydrogens is 424 g/mol. The number of carbonyl (C=O) groups is 3. The van der Waals surface area contributed by atoms with Gasteiger partial charge in [0.05, 0.1) is 22.4 Å². The Labute approximate surface area is 189 Å². The lowest BCUT2D eigenvalue weighted by atomic mass is 9.75. The molecule has 2 aromatic carbocycles. The van der Waals surface area contributed by atoms with Crippen LogP contribution < -0.4 is 10.2 Å². The van der Waals surface area contributed by atoms with Crippen molar-refractivity contribution in [3.63, 3.8) is 0 Å². The standard InChI is InChI=1S/C24H22N4O5/c1-2-13-6-3-9-16-20(13)25-23(31)24(16)19-18(17-10-5-11-26(17)24)21(29)27(22(19)30)14-7-4-8-15(12-14)28(32)33/h3-4,6-9,12,17-19H,2,5,10-11H2,1H3,(H,25,31)/t17-,18-,19-,24+/m1/s1. The van der Waals surface area contributed by atoms with Crippen LogP contribution in [0.15, 0.2) is 42.5 Å². The minimum Gasteiger partial charge on any atom is -0.324 e. The van der Waals surface area contributed by atoms with Gasteiger partial charge in [0.15, 0.2) is 0 Å². The zero-order chi connectivity index (χ0) is 23.1. The van der Waals surface area contributed by atoms with E-state index >= 15 is 0 Å². The Morgan fingerprint density at radius 1 is 1.15 bits per heavy atom. The molecule has 1 spiro atoms. The van der Waals surface area contributed by atoms with Crippen LogP contribution in [0.25, 0.3) is 0 Å². The number of imide groups is 1. The monoisotopic (exact) mass is 446 g/mol. The summed E-state index contributed by atoms with van der Waals surface area (Å²) in [6, 6.07) is 11.1. The minimum atomic E-state index is -1.24. The number of nitro benzene ring substituents is 1. The maximum atomic E-state index is 13.9. The number of non-ortho nitro benzene ring substituents is 1. The van der Waals surface area contributed by atoms with E-state index in [4.69, 9.17) is 0 Å². The van der Waals surface area contributed by atoms with Gasteiger partial charge in [-0.05, 0) is 37.4 Å². The number of nitrogens with one attached hydrogen (secondary N) is 1. The van der Waals surface area contributed by atoms with Crippen LogP contribution in [0.2, 0.25) is 0 Å². The zero-order valence-corrected chi connectivity index (χ0v) is 18.0. The number of rotatable bonds is 3. The molecule has 0 aliphatic carbocycles. The Balaban J connectivity index is 1.54. The maximum absolute atomic E-state index is 13.9. The second-order valence-electron chi connectivity index (χ2n) is 9.11. The van der Waals surface area contributed by atoms with E-state index in [9.17, 15) is 24.5 Å². The van der Waals surface area contributed by atoms with E-state index in [1.54, 1.807) is 0 Å². The second kappa shape index (κ2) is 6.71. The van der Waals surface area contributed by atoms with Gasteiger partial charge in [-0.1, -0.05) is 31.2 Å². The summed E-state index contributed by atoms with van der Waals surface area (Å²) in [5.41, 5.74) is 1.23. The van der Waals surface area contributed by atoms with Crippen molar-refractivity contribution in [3.8, 4) is 0 Å². The Kier molecular flexibility index (Phi) is 4.08. The smallest absolute Gasteiger partial charge is 0.271 e. The van der Waals surface area contributed by atoms with Crippen molar-refractivity contribution in [1.29, 1.82) is 0 Å². The average molecular weight is 446 g/mol. The van der Waals surface area contributed by atoms with Gasteiger partial charge in [0.2, 0.25) is 17.7 Å². The van der Waals surface area contributed by atoms with Crippen molar-refractivity contribution in [2.75, 3.05) is 16.8 Å². The highest BCUT2D eigenvalue weighted by molar-refractivity contribution is 6.26. The van der Waals surface area contributed by atoms with Gasteiger partial charge in [-0.2, -0.15) is 0 Å². The summed E-state index contributed by atoms with van der Waals surface area (Å²) in [7, 11) is 0. The fourth-order valence-electron chi connectivity index (χ4n) is 6.59. The lowest BCUT2D eigenvalue weighted by Gasteiger charge is -2.36. The summed E-state index contributed by atoms with van der Waals surface area (Å²) in [6.45, 7) is 2.65. The lowest BCUT2D eigenvalue weighted by Crippen LogP contribution is -2.54. The first-order chi connectivity index (χ1) is 15.9. The van der Waals surface area contributed by atoms with Crippen molar-refractivity contribution in [1.82, 2.24) is 4.90 Å².